The van der Waals surface area contributed by atoms with Gasteiger partial charge in [0.25, 0.3) is 0 Å². The van der Waals surface area contributed by atoms with Gasteiger partial charge in [-0.15, -0.1) is 11.6 Å². The zero-order chi connectivity index (χ0) is 10.6. The van der Waals surface area contributed by atoms with Gasteiger partial charge >= 0.3 is 5.97 Å². The Bertz CT molecular complexity index is 418. The molecule has 1 N–H and O–H groups in total. The van der Waals surface area contributed by atoms with E-state index in [-0.39, 0.29) is 11.6 Å². The minimum absolute atomic E-state index is 0.0341. The maximum absolute atomic E-state index is 10.7. The molecule has 0 fully saturated rings. The zero-order valence-electron chi connectivity index (χ0n) is 7.54. The number of rotatable bonds is 1. The van der Waals surface area contributed by atoms with Crippen LogP contribution in [0.5, 0.6) is 0 Å². The second kappa shape index (κ2) is 4.64. The van der Waals surface area contributed by atoms with Crippen molar-refractivity contribution >= 4 is 17.6 Å². The summed E-state index contributed by atoms with van der Waals surface area (Å²) in [6.45, 7) is 1.82. The molecule has 72 valence electrons. The number of aryl methyl sites for hydroxylation is 1. The average Bonchev–Trinajstić information content (AvgIpc) is 2.14. The van der Waals surface area contributed by atoms with Gasteiger partial charge in [0, 0.05) is 6.20 Å². The van der Waals surface area contributed by atoms with Crippen molar-refractivity contribution in [2.45, 2.75) is 6.92 Å². The first kappa shape index (κ1) is 10.6. The lowest BCUT2D eigenvalue weighted by atomic mass is 10.1. The molecule has 4 heteroatoms. The van der Waals surface area contributed by atoms with Crippen LogP contribution in [0.1, 0.15) is 21.6 Å². The van der Waals surface area contributed by atoms with Crippen molar-refractivity contribution < 1.29 is 9.90 Å². The molecule has 1 aromatic rings. The van der Waals surface area contributed by atoms with Crippen LogP contribution in [0, 0.1) is 18.8 Å². The van der Waals surface area contributed by atoms with Crippen LogP contribution in [0.4, 0.5) is 0 Å². The Morgan fingerprint density at radius 3 is 3.00 bits per heavy atom. The number of aromatic nitrogens is 1. The number of carboxylic acids is 1. The van der Waals surface area contributed by atoms with Crippen LogP contribution >= 0.6 is 11.6 Å². The van der Waals surface area contributed by atoms with Crippen molar-refractivity contribution in [3.8, 4) is 11.8 Å². The summed E-state index contributed by atoms with van der Waals surface area (Å²) >= 11 is 5.38. The summed E-state index contributed by atoms with van der Waals surface area (Å²) in [4.78, 5) is 14.5. The summed E-state index contributed by atoms with van der Waals surface area (Å²) in [6, 6.07) is 1.68. The smallest absolute Gasteiger partial charge is 0.355 e. The fourth-order valence-electron chi connectivity index (χ4n) is 0.964. The lowest BCUT2D eigenvalue weighted by Gasteiger charge is -1.98. The van der Waals surface area contributed by atoms with Gasteiger partial charge in [-0.3, -0.25) is 0 Å². The Labute approximate surface area is 86.7 Å². The first-order chi connectivity index (χ1) is 6.65. The Morgan fingerprint density at radius 2 is 2.43 bits per heavy atom. The summed E-state index contributed by atoms with van der Waals surface area (Å²) in [5.41, 5.74) is 1.24. The first-order valence-electron chi connectivity index (χ1n) is 3.90. The van der Waals surface area contributed by atoms with E-state index in [1.807, 2.05) is 6.92 Å². The van der Waals surface area contributed by atoms with E-state index in [2.05, 4.69) is 16.8 Å². The van der Waals surface area contributed by atoms with Gasteiger partial charge < -0.3 is 5.11 Å². The summed E-state index contributed by atoms with van der Waals surface area (Å²) < 4.78 is 0. The molecule has 0 amide bonds. The predicted octanol–water partition coefficient (Wildman–Crippen LogP) is 1.68. The summed E-state index contributed by atoms with van der Waals surface area (Å²) in [6.07, 6.45) is 1.50. The number of aromatic carboxylic acids is 1. The molecular weight excluding hydrogens is 202 g/mol. The maximum Gasteiger partial charge on any atom is 0.355 e. The van der Waals surface area contributed by atoms with Crippen molar-refractivity contribution in [1.82, 2.24) is 4.98 Å². The number of nitrogens with zero attached hydrogens (tertiary/aromatic N) is 1. The van der Waals surface area contributed by atoms with Crippen LogP contribution in [0.15, 0.2) is 12.3 Å². The van der Waals surface area contributed by atoms with Crippen molar-refractivity contribution in [3.05, 3.63) is 29.1 Å². The molecule has 0 aliphatic heterocycles. The summed E-state index contributed by atoms with van der Waals surface area (Å²) in [7, 11) is 0. The number of pyridine rings is 1. The SMILES string of the molecule is Cc1cnc(C(=O)O)c(C#CCCl)c1. The highest BCUT2D eigenvalue weighted by Crippen LogP contribution is 2.06. The number of hydrogen-bond acceptors (Lipinski definition) is 2. The van der Waals surface area contributed by atoms with Gasteiger partial charge in [0.2, 0.25) is 0 Å². The molecule has 1 heterocycles. The monoisotopic (exact) mass is 209 g/mol. The summed E-state index contributed by atoms with van der Waals surface area (Å²) in [5.74, 6) is 4.35. The summed E-state index contributed by atoms with van der Waals surface area (Å²) in [5, 5.41) is 8.79. The van der Waals surface area contributed by atoms with Gasteiger partial charge in [-0.2, -0.15) is 0 Å². The van der Waals surface area contributed by atoms with Crippen LogP contribution in [0.25, 0.3) is 0 Å². The molecule has 0 aromatic carbocycles. The molecule has 0 saturated heterocycles. The number of alkyl halides is 1. The molecule has 1 aromatic heterocycles. The molecule has 0 aliphatic carbocycles. The van der Waals surface area contributed by atoms with Crippen LogP contribution in [0.3, 0.4) is 0 Å². The van der Waals surface area contributed by atoms with E-state index in [0.29, 0.717) is 5.56 Å². The molecule has 3 nitrogen and oxygen atoms in total. The normalized spacial score (nSPS) is 9.00. The maximum atomic E-state index is 10.7. The van der Waals surface area contributed by atoms with Gasteiger partial charge in [-0.25, -0.2) is 9.78 Å². The predicted molar refractivity (Wildman–Crippen MR) is 53.5 cm³/mol. The van der Waals surface area contributed by atoms with E-state index in [4.69, 9.17) is 16.7 Å². The third-order valence-corrected chi connectivity index (χ3v) is 1.65. The fraction of sp³-hybridized carbons (Fsp3) is 0.200. The minimum atomic E-state index is -1.08. The van der Waals surface area contributed by atoms with E-state index in [9.17, 15) is 4.79 Å². The van der Waals surface area contributed by atoms with E-state index < -0.39 is 5.97 Å². The van der Waals surface area contributed by atoms with Crippen molar-refractivity contribution in [2.75, 3.05) is 5.88 Å². The third-order valence-electron chi connectivity index (χ3n) is 1.52. The quantitative estimate of drug-likeness (QED) is 0.566. The highest BCUT2D eigenvalue weighted by atomic mass is 35.5. The molecule has 1 rings (SSSR count). The van der Waals surface area contributed by atoms with Gasteiger partial charge in [0.1, 0.15) is 0 Å². The second-order valence-electron chi connectivity index (χ2n) is 2.65. The lowest BCUT2D eigenvalue weighted by Crippen LogP contribution is -2.03. The molecule has 0 aliphatic rings. The zero-order valence-corrected chi connectivity index (χ0v) is 8.30. The molecule has 0 atom stereocenters. The molecule has 0 saturated carbocycles. The van der Waals surface area contributed by atoms with Crippen molar-refractivity contribution in [3.63, 3.8) is 0 Å². The van der Waals surface area contributed by atoms with Crippen LogP contribution < -0.4 is 0 Å². The largest absolute Gasteiger partial charge is 0.476 e. The van der Waals surface area contributed by atoms with Crippen molar-refractivity contribution in [1.29, 1.82) is 0 Å². The Morgan fingerprint density at radius 1 is 1.71 bits per heavy atom. The van der Waals surface area contributed by atoms with Crippen molar-refractivity contribution in [2.24, 2.45) is 0 Å². The van der Waals surface area contributed by atoms with E-state index >= 15 is 0 Å². The Balaban J connectivity index is 3.22. The van der Waals surface area contributed by atoms with Gasteiger partial charge in [0.05, 0.1) is 11.4 Å². The number of hydrogen-bond donors (Lipinski definition) is 1. The molecule has 0 spiro atoms. The van der Waals surface area contributed by atoms with Gasteiger partial charge in [-0.05, 0) is 18.6 Å². The Hall–Kier alpha value is -1.53. The van der Waals surface area contributed by atoms with E-state index in [0.717, 1.165) is 5.56 Å². The van der Waals surface area contributed by atoms with Gasteiger partial charge in [-0.1, -0.05) is 11.8 Å². The topological polar surface area (TPSA) is 50.2 Å². The molecule has 14 heavy (non-hydrogen) atoms. The second-order valence-corrected chi connectivity index (χ2v) is 2.92. The molecule has 0 radical (unpaired) electrons. The highest BCUT2D eigenvalue weighted by Gasteiger charge is 2.09. The number of carbonyl (C=O) groups is 1. The van der Waals surface area contributed by atoms with E-state index in [1.165, 1.54) is 6.20 Å². The van der Waals surface area contributed by atoms with Crippen LogP contribution in [0.2, 0.25) is 0 Å². The van der Waals surface area contributed by atoms with Crippen LogP contribution in [-0.4, -0.2) is 21.9 Å². The lowest BCUT2D eigenvalue weighted by molar-refractivity contribution is 0.0690. The first-order valence-corrected chi connectivity index (χ1v) is 4.43. The number of carboxylic acid groups (broad SMARTS) is 1. The Kier molecular flexibility index (Phi) is 3.49. The highest BCUT2D eigenvalue weighted by molar-refractivity contribution is 6.19. The van der Waals surface area contributed by atoms with E-state index in [1.54, 1.807) is 6.07 Å². The molecule has 0 unspecified atom stereocenters. The molecular formula is C10H8ClNO2. The van der Waals surface area contributed by atoms with Gasteiger partial charge in [0.15, 0.2) is 5.69 Å². The fourth-order valence-corrected chi connectivity index (χ4v) is 1.03. The van der Waals surface area contributed by atoms with Crippen LogP contribution in [-0.2, 0) is 0 Å². The standard InChI is InChI=1S/C10H8ClNO2/c1-7-5-8(3-2-4-11)9(10(13)14)12-6-7/h5-6H,4H2,1H3,(H,13,14). The molecule has 0 bridgehead atoms. The number of halogens is 1. The average molecular weight is 210 g/mol. The minimum Gasteiger partial charge on any atom is -0.476 e. The third kappa shape index (κ3) is 2.48.